The normalized spacial score (nSPS) is 14.3. The van der Waals surface area contributed by atoms with E-state index in [4.69, 9.17) is 46.4 Å². The summed E-state index contributed by atoms with van der Waals surface area (Å²) in [4.78, 5) is 4.89. The molecule has 4 aromatic rings. The quantitative estimate of drug-likeness (QED) is 0.167. The van der Waals surface area contributed by atoms with Crippen LogP contribution in [0.1, 0.15) is 22.3 Å². The predicted molar refractivity (Wildman–Crippen MR) is 171 cm³/mol. The van der Waals surface area contributed by atoms with Gasteiger partial charge in [-0.05, 0) is 35.4 Å². The molecule has 0 bridgehead atoms. The Morgan fingerprint density at radius 3 is 1.22 bits per heavy atom. The number of rotatable bonds is 0. The van der Waals surface area contributed by atoms with Gasteiger partial charge in [-0.3, -0.25) is 0 Å². The maximum atomic E-state index is 6.13. The third-order valence-corrected chi connectivity index (χ3v) is 18.5. The van der Waals surface area contributed by atoms with Gasteiger partial charge < -0.3 is 0 Å². The van der Waals surface area contributed by atoms with Crippen LogP contribution in [-0.4, -0.2) is 25.1 Å². The van der Waals surface area contributed by atoms with Crippen LogP contribution in [-0.2, 0) is 0 Å². The molecule has 0 aliphatic carbocycles. The van der Waals surface area contributed by atoms with Crippen molar-refractivity contribution in [2.45, 2.75) is 16.7 Å². The number of benzene rings is 4. The Balaban J connectivity index is 0.000000152. The molecule has 0 nitrogen and oxygen atoms in total. The van der Waals surface area contributed by atoms with Crippen molar-refractivity contribution in [3.63, 3.8) is 0 Å². The number of hydrogen-bond donors (Lipinski definition) is 0. The van der Waals surface area contributed by atoms with Crippen LogP contribution >= 0.6 is 46.4 Å². The summed E-state index contributed by atoms with van der Waals surface area (Å²) in [5.41, 5.74) is 7.50. The summed E-state index contributed by atoms with van der Waals surface area (Å²) in [7, 11) is 0. The minimum atomic E-state index is -2.55. The van der Waals surface area contributed by atoms with Crippen LogP contribution in [0.5, 0.6) is 0 Å². The number of hydrogen-bond acceptors (Lipinski definition) is 0. The van der Waals surface area contributed by atoms with E-state index in [0.717, 1.165) is 20.1 Å². The Labute approximate surface area is 243 Å². The first kappa shape index (κ1) is 27.0. The molecule has 0 N–H and O–H groups in total. The van der Waals surface area contributed by atoms with Crippen molar-refractivity contribution in [1.29, 1.82) is 0 Å². The molecule has 2 heterocycles. The van der Waals surface area contributed by atoms with E-state index in [1.807, 2.05) is 36.4 Å². The van der Waals surface area contributed by atoms with Crippen molar-refractivity contribution < 1.29 is 0 Å². The van der Waals surface area contributed by atoms with E-state index in [2.05, 4.69) is 77.4 Å². The maximum absolute atomic E-state index is 6.13. The molecular weight excluding hydrogens is 644 g/mol. The van der Waals surface area contributed by atoms with Crippen LogP contribution in [0.3, 0.4) is 0 Å². The van der Waals surface area contributed by atoms with Gasteiger partial charge in [-0.15, -0.1) is 0 Å². The summed E-state index contributed by atoms with van der Waals surface area (Å²) in [5.74, 6) is 0. The Kier molecular flexibility index (Phi) is 7.92. The number of halogens is 4. The molecule has 0 atom stereocenters. The van der Waals surface area contributed by atoms with E-state index in [1.54, 1.807) is 0 Å². The Morgan fingerprint density at radius 1 is 0.486 bits per heavy atom. The zero-order valence-corrected chi connectivity index (χ0v) is 26.7. The zero-order chi connectivity index (χ0) is 26.3. The monoisotopic (exact) mass is 668 g/mol. The van der Waals surface area contributed by atoms with Gasteiger partial charge in [0.1, 0.15) is 0 Å². The van der Waals surface area contributed by atoms with Crippen LogP contribution in [0, 0.1) is 0 Å². The second kappa shape index (κ2) is 10.9. The van der Waals surface area contributed by atoms with Crippen LogP contribution in [0.25, 0.3) is 24.3 Å². The molecule has 6 rings (SSSR count). The van der Waals surface area contributed by atoms with Gasteiger partial charge in [-0.1, -0.05) is 65.2 Å². The van der Waals surface area contributed by atoms with Crippen LogP contribution < -0.4 is 18.1 Å². The summed E-state index contributed by atoms with van der Waals surface area (Å²) in [6.45, 7) is 2.56. The SMILES string of the molecule is CB1c2ccc(Cl)cc2C=Cc2cc(Cl)ccc21.[CH3][Sn]1([CH3])[c]2ccc(Cl)cc2C=Cc2cc(Cl)cc[c]21. The fourth-order valence-corrected chi connectivity index (χ4v) is 14.7. The van der Waals surface area contributed by atoms with Crippen molar-refractivity contribution in [3.05, 3.63) is 115 Å². The topological polar surface area (TPSA) is 0 Å². The van der Waals surface area contributed by atoms with Gasteiger partial charge in [0, 0.05) is 10.0 Å². The second-order valence-corrected chi connectivity index (χ2v) is 24.1. The molecule has 0 saturated carbocycles. The Morgan fingerprint density at radius 2 is 0.811 bits per heavy atom. The molecule has 0 spiro atoms. The van der Waals surface area contributed by atoms with E-state index < -0.39 is 18.4 Å². The molecule has 0 radical (unpaired) electrons. The Hall–Kier alpha value is -1.62. The van der Waals surface area contributed by atoms with Gasteiger partial charge in [0.2, 0.25) is 6.71 Å². The van der Waals surface area contributed by atoms with Crippen molar-refractivity contribution >= 4 is 114 Å². The average molecular weight is 669 g/mol. The fourth-order valence-electron chi connectivity index (χ4n) is 5.32. The number of fused-ring (bicyclic) bond motifs is 4. The van der Waals surface area contributed by atoms with Crippen molar-refractivity contribution in [3.8, 4) is 0 Å². The summed E-state index contributed by atoms with van der Waals surface area (Å²) in [6.07, 6.45) is 8.56. The third kappa shape index (κ3) is 5.58. The molecular formula is C31H25BCl4Sn. The predicted octanol–water partition coefficient (Wildman–Crippen LogP) is 8.02. The van der Waals surface area contributed by atoms with Gasteiger partial charge >= 0.3 is 128 Å². The van der Waals surface area contributed by atoms with Gasteiger partial charge in [0.05, 0.1) is 0 Å². The first-order valence-corrected chi connectivity index (χ1v) is 22.3. The van der Waals surface area contributed by atoms with Crippen molar-refractivity contribution in [2.24, 2.45) is 0 Å². The van der Waals surface area contributed by atoms with E-state index >= 15 is 0 Å². The zero-order valence-electron chi connectivity index (χ0n) is 20.8. The summed E-state index contributed by atoms with van der Waals surface area (Å²) in [6, 6.07) is 24.7. The van der Waals surface area contributed by atoms with E-state index in [9.17, 15) is 0 Å². The standard InChI is InChI=1S/C15H11BCl2.C14H8Cl2.2CH3.Sn/c1-16-14-6-4-12(17)8-10(14)2-3-11-9-13(18)5-7-15(11)16;15-13-5-1-3-11(9-13)7-8-12-4-2-6-14(16)10-12;;;/h2-9H,1H3;1-2,5-10H;2*1H3;. The molecule has 184 valence electrons. The van der Waals surface area contributed by atoms with Gasteiger partial charge in [-0.25, -0.2) is 0 Å². The summed E-state index contributed by atoms with van der Waals surface area (Å²) in [5, 5.41) is 3.15. The van der Waals surface area contributed by atoms with Gasteiger partial charge in [-0.2, -0.15) is 0 Å². The van der Waals surface area contributed by atoms with Crippen LogP contribution in [0.15, 0.2) is 72.8 Å². The molecule has 2 aliphatic rings. The van der Waals surface area contributed by atoms with Crippen molar-refractivity contribution in [1.82, 2.24) is 0 Å². The summed E-state index contributed by atoms with van der Waals surface area (Å²) >= 11 is 21.8. The van der Waals surface area contributed by atoms with E-state index in [-0.39, 0.29) is 0 Å². The summed E-state index contributed by atoms with van der Waals surface area (Å²) < 4.78 is 2.99. The molecule has 0 unspecified atom stereocenters. The minimum absolute atomic E-state index is 0.347. The van der Waals surface area contributed by atoms with Crippen molar-refractivity contribution in [2.75, 3.05) is 0 Å². The fraction of sp³-hybridized carbons (Fsp3) is 0.0968. The molecule has 2 aliphatic heterocycles. The van der Waals surface area contributed by atoms with E-state index in [1.165, 1.54) is 40.3 Å². The molecule has 37 heavy (non-hydrogen) atoms. The van der Waals surface area contributed by atoms with Gasteiger partial charge in [0.25, 0.3) is 0 Å². The first-order valence-electron chi connectivity index (χ1n) is 12.2. The van der Waals surface area contributed by atoms with Crippen LogP contribution in [0.2, 0.25) is 36.8 Å². The van der Waals surface area contributed by atoms with E-state index in [0.29, 0.717) is 6.71 Å². The second-order valence-electron chi connectivity index (χ2n) is 10.0. The molecule has 6 heteroatoms. The van der Waals surface area contributed by atoms with Crippen LogP contribution in [0.4, 0.5) is 0 Å². The third-order valence-electron chi connectivity index (χ3n) is 7.29. The Bertz CT molecular complexity index is 1460. The molecule has 0 aromatic heterocycles. The molecule has 0 fully saturated rings. The molecule has 0 amide bonds. The molecule has 0 saturated heterocycles. The first-order chi connectivity index (χ1) is 17.6. The van der Waals surface area contributed by atoms with Gasteiger partial charge in [0.15, 0.2) is 0 Å². The molecule has 4 aromatic carbocycles. The average Bonchev–Trinajstić information content (AvgIpc) is 3.05.